The van der Waals surface area contributed by atoms with E-state index in [4.69, 9.17) is 4.74 Å². The van der Waals surface area contributed by atoms with Crippen molar-refractivity contribution in [3.05, 3.63) is 29.3 Å². The fourth-order valence-corrected chi connectivity index (χ4v) is 1.48. The molecule has 0 aromatic heterocycles. The topological polar surface area (TPSA) is 72.5 Å². The van der Waals surface area contributed by atoms with E-state index in [9.17, 15) is 14.4 Å². The third-order valence-electron chi connectivity index (χ3n) is 2.23. The molecule has 1 aliphatic rings. The zero-order valence-electron chi connectivity index (χ0n) is 8.95. The zero-order valence-corrected chi connectivity index (χ0v) is 9.71. The lowest BCUT2D eigenvalue weighted by molar-refractivity contribution is -0.112. The van der Waals surface area contributed by atoms with Gasteiger partial charge in [0.25, 0.3) is 11.7 Å². The Hall–Kier alpha value is -1.88. The highest BCUT2D eigenvalue weighted by molar-refractivity contribution is 6.51. The molecule has 1 aromatic carbocycles. The monoisotopic (exact) mass is 254 g/mol. The Kier molecular flexibility index (Phi) is 3.85. The molecule has 1 aromatic rings. The molecule has 0 radical (unpaired) electrons. The van der Waals surface area contributed by atoms with Gasteiger partial charge < -0.3 is 22.5 Å². The molecule has 0 spiro atoms. The van der Waals surface area contributed by atoms with Gasteiger partial charge in [-0.3, -0.25) is 9.59 Å². The van der Waals surface area contributed by atoms with Crippen molar-refractivity contribution >= 4 is 23.3 Å². The molecule has 0 saturated carbocycles. The molecule has 6 heteroatoms. The number of esters is 1. The molecule has 1 heterocycles. The molecular weight excluding hydrogens is 246 g/mol. The number of anilines is 1. The second-order valence-corrected chi connectivity index (χ2v) is 3.26. The Morgan fingerprint density at radius 2 is 2.06 bits per heavy atom. The van der Waals surface area contributed by atoms with Crippen LogP contribution >= 0.6 is 0 Å². The predicted octanol–water partition coefficient (Wildman–Crippen LogP) is -2.00. The summed E-state index contributed by atoms with van der Waals surface area (Å²) in [4.78, 5) is 33.8. The Labute approximate surface area is 104 Å². The van der Waals surface area contributed by atoms with Gasteiger partial charge in [0.15, 0.2) is 0 Å². The summed E-state index contributed by atoms with van der Waals surface area (Å²) in [7, 11) is 0. The molecule has 2 rings (SSSR count). The van der Waals surface area contributed by atoms with Crippen LogP contribution in [-0.2, 0) is 9.53 Å². The lowest BCUT2D eigenvalue weighted by atomic mass is 10.1. The molecule has 0 atom stereocenters. The van der Waals surface area contributed by atoms with Gasteiger partial charge in [0.2, 0.25) is 0 Å². The van der Waals surface area contributed by atoms with Crippen LogP contribution in [-0.4, -0.2) is 24.3 Å². The number of rotatable bonds is 2. The summed E-state index contributed by atoms with van der Waals surface area (Å²) in [5.41, 5.74) is 0.920. The summed E-state index contributed by atoms with van der Waals surface area (Å²) in [6.45, 7) is 1.96. The molecule has 0 fully saturated rings. The summed E-state index contributed by atoms with van der Waals surface area (Å²) in [5.74, 6) is -1.80. The van der Waals surface area contributed by atoms with Crippen LogP contribution in [0.4, 0.5) is 5.69 Å². The van der Waals surface area contributed by atoms with E-state index in [1.807, 2.05) is 0 Å². The molecular formula is C11H9ClNO4-. The van der Waals surface area contributed by atoms with E-state index in [-0.39, 0.29) is 30.1 Å². The normalized spacial score (nSPS) is 12.5. The van der Waals surface area contributed by atoms with Gasteiger partial charge >= 0.3 is 5.97 Å². The standard InChI is InChI=1S/C11H9NO4.ClH/c1-2-16-11(15)6-3-4-8-7(5-6)9(13)10(14)12-8;/h3-5H,2H2,1H3,(H,12,13,14);1H/p-1. The van der Waals surface area contributed by atoms with Crippen LogP contribution in [0, 0.1) is 0 Å². The fourth-order valence-electron chi connectivity index (χ4n) is 1.48. The van der Waals surface area contributed by atoms with Crippen LogP contribution in [0.25, 0.3) is 0 Å². The van der Waals surface area contributed by atoms with Gasteiger partial charge in [0, 0.05) is 0 Å². The van der Waals surface area contributed by atoms with E-state index in [2.05, 4.69) is 5.32 Å². The van der Waals surface area contributed by atoms with E-state index >= 15 is 0 Å². The van der Waals surface area contributed by atoms with Crippen LogP contribution in [0.15, 0.2) is 18.2 Å². The van der Waals surface area contributed by atoms with E-state index in [1.165, 1.54) is 18.2 Å². The number of amides is 1. The van der Waals surface area contributed by atoms with Crippen molar-refractivity contribution in [1.82, 2.24) is 0 Å². The second-order valence-electron chi connectivity index (χ2n) is 3.26. The van der Waals surface area contributed by atoms with E-state index in [0.29, 0.717) is 5.69 Å². The molecule has 5 nitrogen and oxygen atoms in total. The van der Waals surface area contributed by atoms with Gasteiger partial charge in [-0.15, -0.1) is 0 Å². The molecule has 0 bridgehead atoms. The van der Waals surface area contributed by atoms with Crippen LogP contribution in [0.5, 0.6) is 0 Å². The van der Waals surface area contributed by atoms with Crippen LogP contribution in [0.1, 0.15) is 27.6 Å². The number of carbonyl (C=O) groups excluding carboxylic acids is 3. The highest BCUT2D eigenvalue weighted by Crippen LogP contribution is 2.24. The minimum atomic E-state index is -0.670. The van der Waals surface area contributed by atoms with Crippen molar-refractivity contribution in [2.75, 3.05) is 11.9 Å². The van der Waals surface area contributed by atoms with Crippen molar-refractivity contribution in [2.45, 2.75) is 6.92 Å². The maximum absolute atomic E-state index is 11.4. The van der Waals surface area contributed by atoms with Crippen molar-refractivity contribution in [3.63, 3.8) is 0 Å². The van der Waals surface area contributed by atoms with Crippen molar-refractivity contribution in [3.8, 4) is 0 Å². The van der Waals surface area contributed by atoms with Crippen molar-refractivity contribution < 1.29 is 31.5 Å². The number of ether oxygens (including phenoxy) is 1. The molecule has 1 aliphatic heterocycles. The van der Waals surface area contributed by atoms with Gasteiger partial charge in [-0.1, -0.05) is 0 Å². The highest BCUT2D eigenvalue weighted by Gasteiger charge is 2.28. The number of carbonyl (C=O) groups is 3. The number of benzene rings is 1. The lowest BCUT2D eigenvalue weighted by Gasteiger charge is -2.02. The van der Waals surface area contributed by atoms with Crippen molar-refractivity contribution in [2.24, 2.45) is 0 Å². The van der Waals surface area contributed by atoms with Gasteiger partial charge in [0.05, 0.1) is 23.4 Å². The largest absolute Gasteiger partial charge is 1.00 e. The number of ketones is 1. The molecule has 90 valence electrons. The SMILES string of the molecule is CCOC(=O)c1ccc2c(c1)C(=O)C(=O)N2.[Cl-]. The molecule has 1 N–H and O–H groups in total. The predicted molar refractivity (Wildman–Crippen MR) is 55.4 cm³/mol. The number of halogens is 1. The Morgan fingerprint density at radius 1 is 1.35 bits per heavy atom. The second kappa shape index (κ2) is 4.97. The van der Waals surface area contributed by atoms with E-state index in [0.717, 1.165) is 0 Å². The first-order valence-electron chi connectivity index (χ1n) is 4.80. The minimum absolute atomic E-state index is 0. The Bertz CT molecular complexity index is 498. The average molecular weight is 255 g/mol. The van der Waals surface area contributed by atoms with E-state index in [1.54, 1.807) is 6.92 Å². The number of Topliss-reactive ketones (excluding diaryl/α,β-unsaturated/α-hetero) is 1. The van der Waals surface area contributed by atoms with Crippen LogP contribution < -0.4 is 17.7 Å². The minimum Gasteiger partial charge on any atom is -1.00 e. The lowest BCUT2D eigenvalue weighted by Crippen LogP contribution is -3.00. The number of fused-ring (bicyclic) bond motifs is 1. The average Bonchev–Trinajstić information content (AvgIpc) is 2.55. The highest BCUT2D eigenvalue weighted by atomic mass is 35.5. The first kappa shape index (κ1) is 13.2. The zero-order chi connectivity index (χ0) is 11.7. The first-order valence-corrected chi connectivity index (χ1v) is 4.80. The molecule has 0 unspecified atom stereocenters. The molecule has 0 saturated heterocycles. The molecule has 17 heavy (non-hydrogen) atoms. The third kappa shape index (κ3) is 2.29. The summed E-state index contributed by atoms with van der Waals surface area (Å²) >= 11 is 0. The smallest absolute Gasteiger partial charge is 0.338 e. The van der Waals surface area contributed by atoms with Gasteiger partial charge in [-0.2, -0.15) is 0 Å². The van der Waals surface area contributed by atoms with Gasteiger partial charge in [-0.05, 0) is 25.1 Å². The maximum atomic E-state index is 11.4. The fraction of sp³-hybridized carbons (Fsp3) is 0.182. The molecule has 0 aliphatic carbocycles. The maximum Gasteiger partial charge on any atom is 0.338 e. The van der Waals surface area contributed by atoms with Gasteiger partial charge in [0.1, 0.15) is 0 Å². The van der Waals surface area contributed by atoms with Crippen LogP contribution in [0.3, 0.4) is 0 Å². The number of hydrogen-bond donors (Lipinski definition) is 1. The van der Waals surface area contributed by atoms with Gasteiger partial charge in [-0.25, -0.2) is 4.79 Å². The number of nitrogens with one attached hydrogen (secondary N) is 1. The number of hydrogen-bond acceptors (Lipinski definition) is 4. The molecule has 1 amide bonds. The first-order chi connectivity index (χ1) is 7.63. The summed E-state index contributed by atoms with van der Waals surface area (Å²) in [6, 6.07) is 4.40. The summed E-state index contributed by atoms with van der Waals surface area (Å²) in [6.07, 6.45) is 0. The van der Waals surface area contributed by atoms with Crippen molar-refractivity contribution in [1.29, 1.82) is 0 Å². The summed E-state index contributed by atoms with van der Waals surface area (Å²) in [5, 5.41) is 2.40. The quantitative estimate of drug-likeness (QED) is 0.490. The van der Waals surface area contributed by atoms with Crippen LogP contribution in [0.2, 0.25) is 0 Å². The Balaban J connectivity index is 0.00000144. The summed E-state index contributed by atoms with van der Waals surface area (Å²) < 4.78 is 4.79. The Morgan fingerprint density at radius 3 is 2.71 bits per heavy atom. The van der Waals surface area contributed by atoms with E-state index < -0.39 is 17.7 Å². The third-order valence-corrected chi connectivity index (χ3v) is 2.23.